The number of anilines is 1. The van der Waals surface area contributed by atoms with Crippen LogP contribution in [0.15, 0.2) is 54.7 Å². The molecule has 0 aliphatic carbocycles. The lowest BCUT2D eigenvalue weighted by molar-refractivity contribution is 0.102. The molecule has 5 nitrogen and oxygen atoms in total. The Labute approximate surface area is 138 Å². The summed E-state index contributed by atoms with van der Waals surface area (Å²) in [5, 5.41) is 2.63. The molecule has 3 rings (SSSR count). The van der Waals surface area contributed by atoms with Gasteiger partial charge >= 0.3 is 0 Å². The molecule has 0 aliphatic heterocycles. The number of imidazole rings is 1. The van der Waals surface area contributed by atoms with E-state index in [-0.39, 0.29) is 5.56 Å². The number of carbonyl (C=O) groups is 1. The van der Waals surface area contributed by atoms with Gasteiger partial charge in [-0.1, -0.05) is 12.1 Å². The number of rotatable bonds is 4. The molecule has 1 N–H and O–H groups in total. The molecule has 2 aromatic carbocycles. The van der Waals surface area contributed by atoms with Crippen molar-refractivity contribution in [2.24, 2.45) is 7.05 Å². The number of methoxy groups -OCH3 is 1. The number of halogens is 1. The van der Waals surface area contributed by atoms with Crippen molar-refractivity contribution < 1.29 is 13.9 Å². The predicted octanol–water partition coefficient (Wildman–Crippen LogP) is 3.49. The van der Waals surface area contributed by atoms with Crippen molar-refractivity contribution in [3.8, 4) is 17.0 Å². The highest BCUT2D eigenvalue weighted by Gasteiger charge is 2.15. The highest BCUT2D eigenvalue weighted by Crippen LogP contribution is 2.24. The summed E-state index contributed by atoms with van der Waals surface area (Å²) in [5.74, 6) is -0.00858. The Morgan fingerprint density at radius 2 is 1.88 bits per heavy atom. The highest BCUT2D eigenvalue weighted by molar-refractivity contribution is 6.03. The van der Waals surface area contributed by atoms with Crippen LogP contribution >= 0.6 is 0 Å². The van der Waals surface area contributed by atoms with Gasteiger partial charge in [0.1, 0.15) is 11.6 Å². The molecule has 0 saturated heterocycles. The quantitative estimate of drug-likeness (QED) is 0.799. The van der Waals surface area contributed by atoms with Crippen LogP contribution in [0, 0.1) is 5.82 Å². The van der Waals surface area contributed by atoms with Crippen molar-refractivity contribution in [1.82, 2.24) is 9.55 Å². The van der Waals surface area contributed by atoms with Crippen LogP contribution in [0.3, 0.4) is 0 Å². The van der Waals surface area contributed by atoms with Gasteiger partial charge in [0.25, 0.3) is 5.91 Å². The molecule has 0 aliphatic rings. The average molecular weight is 325 g/mol. The normalized spacial score (nSPS) is 10.5. The molecule has 0 bridgehead atoms. The number of nitrogens with one attached hydrogen (secondary N) is 1. The average Bonchev–Trinajstić information content (AvgIpc) is 2.96. The second-order valence-electron chi connectivity index (χ2n) is 5.19. The van der Waals surface area contributed by atoms with Crippen molar-refractivity contribution in [3.05, 3.63) is 66.1 Å². The monoisotopic (exact) mass is 325 g/mol. The molecular weight excluding hydrogens is 309 g/mol. The van der Waals surface area contributed by atoms with Crippen molar-refractivity contribution in [1.29, 1.82) is 0 Å². The van der Waals surface area contributed by atoms with Gasteiger partial charge < -0.3 is 9.30 Å². The van der Waals surface area contributed by atoms with Crippen molar-refractivity contribution in [2.45, 2.75) is 0 Å². The lowest BCUT2D eigenvalue weighted by Gasteiger charge is -2.08. The Kier molecular flexibility index (Phi) is 4.29. The molecule has 1 heterocycles. The Balaban J connectivity index is 1.84. The Morgan fingerprint density at radius 3 is 2.54 bits per heavy atom. The van der Waals surface area contributed by atoms with Gasteiger partial charge in [-0.25, -0.2) is 9.37 Å². The Hall–Kier alpha value is -3.15. The van der Waals surface area contributed by atoms with Crippen LogP contribution in [0.1, 0.15) is 10.4 Å². The third-order valence-corrected chi connectivity index (χ3v) is 3.72. The van der Waals surface area contributed by atoms with Crippen LogP contribution in [0.5, 0.6) is 5.75 Å². The minimum absolute atomic E-state index is 0.0218. The number of hydrogen-bond acceptors (Lipinski definition) is 3. The Bertz CT molecular complexity index is 872. The minimum atomic E-state index is -0.570. The predicted molar refractivity (Wildman–Crippen MR) is 89.5 cm³/mol. The van der Waals surface area contributed by atoms with Crippen molar-refractivity contribution >= 4 is 11.9 Å². The molecule has 0 fully saturated rings. The van der Waals surface area contributed by atoms with E-state index >= 15 is 0 Å². The maximum atomic E-state index is 13.7. The summed E-state index contributed by atoms with van der Waals surface area (Å²) in [5.41, 5.74) is 1.73. The van der Waals surface area contributed by atoms with E-state index in [0.717, 1.165) is 17.0 Å². The first-order valence-corrected chi connectivity index (χ1v) is 7.32. The van der Waals surface area contributed by atoms with Crippen LogP contribution < -0.4 is 10.1 Å². The van der Waals surface area contributed by atoms with Crippen LogP contribution in [0.4, 0.5) is 10.3 Å². The lowest BCUT2D eigenvalue weighted by Crippen LogP contribution is -2.16. The fourth-order valence-electron chi connectivity index (χ4n) is 2.37. The molecule has 24 heavy (non-hydrogen) atoms. The van der Waals surface area contributed by atoms with E-state index in [1.165, 1.54) is 18.2 Å². The molecule has 3 aromatic rings. The van der Waals surface area contributed by atoms with Crippen LogP contribution in [-0.4, -0.2) is 22.6 Å². The zero-order chi connectivity index (χ0) is 17.1. The zero-order valence-corrected chi connectivity index (χ0v) is 13.3. The van der Waals surface area contributed by atoms with Gasteiger partial charge in [-0.3, -0.25) is 10.1 Å². The SMILES string of the molecule is COc1ccc(-c2cnc(NC(=O)c3ccccc3F)n2C)cc1. The number of carbonyl (C=O) groups excluding carboxylic acids is 1. The molecule has 122 valence electrons. The largest absolute Gasteiger partial charge is 0.497 e. The number of benzene rings is 2. The number of hydrogen-bond donors (Lipinski definition) is 1. The van der Waals surface area contributed by atoms with Crippen LogP contribution in [-0.2, 0) is 7.05 Å². The molecular formula is C18H16FN3O2. The maximum absolute atomic E-state index is 13.7. The van der Waals surface area contributed by atoms with Crippen LogP contribution in [0.2, 0.25) is 0 Å². The first-order valence-electron chi connectivity index (χ1n) is 7.32. The number of aromatic nitrogens is 2. The molecule has 0 spiro atoms. The van der Waals surface area contributed by atoms with E-state index in [4.69, 9.17) is 4.74 Å². The van der Waals surface area contributed by atoms with Gasteiger partial charge in [0, 0.05) is 12.6 Å². The second kappa shape index (κ2) is 6.54. The van der Waals surface area contributed by atoms with Crippen LogP contribution in [0.25, 0.3) is 11.3 Å². The molecule has 0 saturated carbocycles. The zero-order valence-electron chi connectivity index (χ0n) is 13.3. The Morgan fingerprint density at radius 1 is 1.17 bits per heavy atom. The van der Waals surface area contributed by atoms with E-state index in [1.54, 1.807) is 31.0 Å². The summed E-state index contributed by atoms with van der Waals surface area (Å²) in [7, 11) is 3.39. The summed E-state index contributed by atoms with van der Waals surface area (Å²) in [6, 6.07) is 13.3. The molecule has 6 heteroatoms. The highest BCUT2D eigenvalue weighted by atomic mass is 19.1. The topological polar surface area (TPSA) is 56.1 Å². The number of ether oxygens (including phenoxy) is 1. The molecule has 0 radical (unpaired) electrons. The third-order valence-electron chi connectivity index (χ3n) is 3.72. The third kappa shape index (κ3) is 2.99. The van der Waals surface area contributed by atoms with E-state index in [2.05, 4.69) is 10.3 Å². The maximum Gasteiger partial charge on any atom is 0.260 e. The second-order valence-corrected chi connectivity index (χ2v) is 5.19. The lowest BCUT2D eigenvalue weighted by atomic mass is 10.1. The summed E-state index contributed by atoms with van der Waals surface area (Å²) in [4.78, 5) is 16.4. The van der Waals surface area contributed by atoms with E-state index in [9.17, 15) is 9.18 Å². The van der Waals surface area contributed by atoms with E-state index < -0.39 is 11.7 Å². The van der Waals surface area contributed by atoms with E-state index in [0.29, 0.717) is 5.95 Å². The first kappa shape index (κ1) is 15.7. The number of amides is 1. The number of nitrogens with zero attached hydrogens (tertiary/aromatic N) is 2. The molecule has 1 aromatic heterocycles. The van der Waals surface area contributed by atoms with Crippen molar-refractivity contribution in [3.63, 3.8) is 0 Å². The standard InChI is InChI=1S/C18H16FN3O2/c1-22-16(12-7-9-13(24-2)10-8-12)11-20-18(22)21-17(23)14-5-3-4-6-15(14)19/h3-11H,1-2H3,(H,20,21,23). The molecule has 0 atom stereocenters. The van der Waals surface area contributed by atoms with Gasteiger partial charge in [-0.2, -0.15) is 0 Å². The van der Waals surface area contributed by atoms with Gasteiger partial charge in [-0.15, -0.1) is 0 Å². The molecule has 0 unspecified atom stereocenters. The fraction of sp³-hybridized carbons (Fsp3) is 0.111. The summed E-state index contributed by atoms with van der Waals surface area (Å²) < 4.78 is 20.6. The summed E-state index contributed by atoms with van der Waals surface area (Å²) in [6.45, 7) is 0. The van der Waals surface area contributed by atoms with Gasteiger partial charge in [0.2, 0.25) is 5.95 Å². The fourth-order valence-corrected chi connectivity index (χ4v) is 2.37. The first-order chi connectivity index (χ1) is 11.6. The van der Waals surface area contributed by atoms with E-state index in [1.807, 2.05) is 24.3 Å². The molecule has 1 amide bonds. The van der Waals surface area contributed by atoms with Gasteiger partial charge in [0.15, 0.2) is 0 Å². The van der Waals surface area contributed by atoms with Crippen molar-refractivity contribution in [2.75, 3.05) is 12.4 Å². The summed E-state index contributed by atoms with van der Waals surface area (Å²) in [6.07, 6.45) is 1.65. The smallest absolute Gasteiger partial charge is 0.260 e. The minimum Gasteiger partial charge on any atom is -0.497 e. The van der Waals surface area contributed by atoms with Gasteiger partial charge in [0.05, 0.1) is 24.6 Å². The summed E-state index contributed by atoms with van der Waals surface area (Å²) >= 11 is 0. The van der Waals surface area contributed by atoms with Gasteiger partial charge in [-0.05, 0) is 36.4 Å².